The van der Waals surface area contributed by atoms with Gasteiger partial charge in [0.25, 0.3) is 5.69 Å². The van der Waals surface area contributed by atoms with E-state index in [-0.39, 0.29) is 11.3 Å². The van der Waals surface area contributed by atoms with Crippen molar-refractivity contribution in [2.24, 2.45) is 0 Å². The smallest absolute Gasteiger partial charge is 0.387 e. The molecule has 0 bridgehead atoms. The summed E-state index contributed by atoms with van der Waals surface area (Å²) in [5.74, 6) is -0.431. The van der Waals surface area contributed by atoms with Gasteiger partial charge in [-0.3, -0.25) is 14.9 Å². The Bertz CT molecular complexity index is 865. The number of ether oxygens (including phenoxy) is 3. The first-order chi connectivity index (χ1) is 12.8. The Morgan fingerprint density at radius 1 is 1.11 bits per heavy atom. The first kappa shape index (κ1) is 19.8. The van der Waals surface area contributed by atoms with E-state index in [2.05, 4.69) is 4.74 Å². The number of benzene rings is 2. The molecule has 27 heavy (non-hydrogen) atoms. The van der Waals surface area contributed by atoms with Gasteiger partial charge >= 0.3 is 6.61 Å². The lowest BCUT2D eigenvalue weighted by molar-refractivity contribution is -0.385. The van der Waals surface area contributed by atoms with Crippen LogP contribution in [0.1, 0.15) is 15.9 Å². The number of hydrogen-bond acceptors (Lipinski definition) is 6. The van der Waals surface area contributed by atoms with Gasteiger partial charge in [0.1, 0.15) is 5.75 Å². The molecule has 0 N–H and O–H groups in total. The van der Waals surface area contributed by atoms with Crippen LogP contribution in [-0.2, 0) is 0 Å². The fourth-order valence-electron chi connectivity index (χ4n) is 2.22. The summed E-state index contributed by atoms with van der Waals surface area (Å²) in [7, 11) is 2.69. The molecule has 0 unspecified atom stereocenters. The highest BCUT2D eigenvalue weighted by Gasteiger charge is 2.20. The minimum Gasteiger partial charge on any atom is -0.497 e. The zero-order chi connectivity index (χ0) is 20.0. The first-order valence-corrected chi connectivity index (χ1v) is 7.53. The van der Waals surface area contributed by atoms with Crippen LogP contribution in [0.2, 0.25) is 0 Å². The van der Waals surface area contributed by atoms with Gasteiger partial charge in [0.2, 0.25) is 0 Å². The highest BCUT2D eigenvalue weighted by Crippen LogP contribution is 2.36. The number of methoxy groups -OCH3 is 2. The fraction of sp³-hybridized carbons (Fsp3) is 0.167. The van der Waals surface area contributed by atoms with Gasteiger partial charge in [-0.2, -0.15) is 8.78 Å². The predicted octanol–water partition coefficient (Wildman–Crippen LogP) is 4.11. The number of carbonyl (C=O) groups excluding carboxylic acids is 1. The summed E-state index contributed by atoms with van der Waals surface area (Å²) in [6, 6.07) is 8.25. The zero-order valence-electron chi connectivity index (χ0n) is 14.3. The second-order valence-corrected chi connectivity index (χ2v) is 5.12. The van der Waals surface area contributed by atoms with Gasteiger partial charge in [-0.25, -0.2) is 0 Å². The van der Waals surface area contributed by atoms with Crippen LogP contribution in [-0.4, -0.2) is 31.5 Å². The standard InChI is InChI=1S/C18H15F2NO6/c1-25-13-6-3-11(4-7-13)15(22)8-5-12-9-16(26-2)17(27-18(19)20)10-14(12)21(23)24/h3-10,18H,1-2H3/b8-5+. The van der Waals surface area contributed by atoms with Crippen molar-refractivity contribution in [1.82, 2.24) is 0 Å². The van der Waals surface area contributed by atoms with Crippen LogP contribution in [0, 0.1) is 10.1 Å². The maximum absolute atomic E-state index is 12.5. The molecule has 0 amide bonds. The summed E-state index contributed by atoms with van der Waals surface area (Å²) >= 11 is 0. The van der Waals surface area contributed by atoms with Crippen LogP contribution in [0.25, 0.3) is 6.08 Å². The van der Waals surface area contributed by atoms with E-state index < -0.39 is 28.8 Å². The molecule has 2 aromatic rings. The molecule has 0 aliphatic rings. The minimum atomic E-state index is -3.17. The summed E-state index contributed by atoms with van der Waals surface area (Å²) in [6.07, 6.45) is 2.34. The summed E-state index contributed by atoms with van der Waals surface area (Å²) in [5, 5.41) is 11.2. The average Bonchev–Trinajstić information content (AvgIpc) is 2.65. The van der Waals surface area contributed by atoms with Gasteiger partial charge in [-0.1, -0.05) is 0 Å². The molecular weight excluding hydrogens is 364 g/mol. The van der Waals surface area contributed by atoms with E-state index in [1.807, 2.05) is 0 Å². The summed E-state index contributed by atoms with van der Waals surface area (Å²) in [4.78, 5) is 22.7. The quantitative estimate of drug-likeness (QED) is 0.297. The number of halogens is 2. The van der Waals surface area contributed by atoms with Gasteiger partial charge in [-0.05, 0) is 42.5 Å². The van der Waals surface area contributed by atoms with Crippen molar-refractivity contribution < 1.29 is 32.7 Å². The maximum Gasteiger partial charge on any atom is 0.387 e. The first-order valence-electron chi connectivity index (χ1n) is 7.53. The number of carbonyl (C=O) groups is 1. The third-order valence-corrected chi connectivity index (χ3v) is 3.51. The van der Waals surface area contributed by atoms with Crippen LogP contribution in [0.3, 0.4) is 0 Å². The lowest BCUT2D eigenvalue weighted by atomic mass is 10.1. The summed E-state index contributed by atoms with van der Waals surface area (Å²) < 4.78 is 39.1. The number of ketones is 1. The van der Waals surface area contributed by atoms with Gasteiger partial charge in [0.15, 0.2) is 17.3 Å². The van der Waals surface area contributed by atoms with Crippen molar-refractivity contribution in [1.29, 1.82) is 0 Å². The molecule has 0 spiro atoms. The Morgan fingerprint density at radius 3 is 2.30 bits per heavy atom. The van der Waals surface area contributed by atoms with E-state index in [0.29, 0.717) is 11.3 Å². The van der Waals surface area contributed by atoms with Gasteiger partial charge in [0.05, 0.1) is 30.8 Å². The molecular formula is C18H15F2NO6. The van der Waals surface area contributed by atoms with Crippen LogP contribution in [0.5, 0.6) is 17.2 Å². The molecule has 0 fully saturated rings. The number of rotatable bonds is 8. The lowest BCUT2D eigenvalue weighted by Gasteiger charge is -2.10. The van der Waals surface area contributed by atoms with E-state index in [4.69, 9.17) is 9.47 Å². The maximum atomic E-state index is 12.5. The van der Waals surface area contributed by atoms with Crippen molar-refractivity contribution in [2.75, 3.05) is 14.2 Å². The van der Waals surface area contributed by atoms with Gasteiger partial charge in [-0.15, -0.1) is 0 Å². The molecule has 2 aromatic carbocycles. The lowest BCUT2D eigenvalue weighted by Crippen LogP contribution is -2.05. The Labute approximate surface area is 152 Å². The van der Waals surface area contributed by atoms with E-state index in [0.717, 1.165) is 18.2 Å². The molecule has 142 valence electrons. The number of hydrogen-bond donors (Lipinski definition) is 0. The molecule has 9 heteroatoms. The molecule has 7 nitrogen and oxygen atoms in total. The minimum absolute atomic E-state index is 0.000304. The van der Waals surface area contributed by atoms with Crippen molar-refractivity contribution in [2.45, 2.75) is 6.61 Å². The van der Waals surface area contributed by atoms with Crippen LogP contribution < -0.4 is 14.2 Å². The number of nitrogens with zero attached hydrogens (tertiary/aromatic N) is 1. The average molecular weight is 379 g/mol. The molecule has 0 radical (unpaired) electrons. The number of nitro benzene ring substituents is 1. The van der Waals surface area contributed by atoms with Crippen molar-refractivity contribution in [3.05, 3.63) is 63.7 Å². The van der Waals surface area contributed by atoms with Gasteiger partial charge in [0, 0.05) is 5.56 Å². The Balaban J connectivity index is 2.36. The monoisotopic (exact) mass is 379 g/mol. The van der Waals surface area contributed by atoms with Crippen LogP contribution in [0.4, 0.5) is 14.5 Å². The summed E-state index contributed by atoms with van der Waals surface area (Å²) in [6.45, 7) is -3.17. The molecule has 0 aliphatic heterocycles. The highest BCUT2D eigenvalue weighted by atomic mass is 19.3. The van der Waals surface area contributed by atoms with Crippen molar-refractivity contribution in [3.63, 3.8) is 0 Å². The molecule has 0 saturated carbocycles. The van der Waals surface area contributed by atoms with Crippen LogP contribution in [0.15, 0.2) is 42.5 Å². The van der Waals surface area contributed by atoms with Gasteiger partial charge < -0.3 is 14.2 Å². The number of nitro groups is 1. The predicted molar refractivity (Wildman–Crippen MR) is 92.6 cm³/mol. The molecule has 0 aromatic heterocycles. The third kappa shape index (κ3) is 5.00. The highest BCUT2D eigenvalue weighted by molar-refractivity contribution is 6.07. The Morgan fingerprint density at radius 2 is 1.78 bits per heavy atom. The van der Waals surface area contributed by atoms with E-state index in [1.54, 1.807) is 24.3 Å². The van der Waals surface area contributed by atoms with Crippen molar-refractivity contribution >= 4 is 17.5 Å². The molecule has 2 rings (SSSR count). The van der Waals surface area contributed by atoms with E-state index >= 15 is 0 Å². The Hall–Kier alpha value is -3.49. The SMILES string of the molecule is COc1ccc(C(=O)/C=C/c2cc(OC)c(OC(F)F)cc2[N+](=O)[O-])cc1. The largest absolute Gasteiger partial charge is 0.497 e. The molecule has 0 saturated heterocycles. The number of allylic oxidation sites excluding steroid dienone is 1. The third-order valence-electron chi connectivity index (χ3n) is 3.51. The summed E-state index contributed by atoms with van der Waals surface area (Å²) in [5.41, 5.74) is -0.162. The second kappa shape index (κ2) is 8.75. The molecule has 0 aliphatic carbocycles. The van der Waals surface area contributed by atoms with Crippen LogP contribution >= 0.6 is 0 Å². The number of alkyl halides is 2. The zero-order valence-corrected chi connectivity index (χ0v) is 14.3. The van der Waals surface area contributed by atoms with Crippen molar-refractivity contribution in [3.8, 4) is 17.2 Å². The van der Waals surface area contributed by atoms with E-state index in [1.165, 1.54) is 20.3 Å². The topological polar surface area (TPSA) is 87.9 Å². The fourth-order valence-corrected chi connectivity index (χ4v) is 2.22. The normalized spacial score (nSPS) is 10.9. The Kier molecular flexibility index (Phi) is 6.42. The van der Waals surface area contributed by atoms with E-state index in [9.17, 15) is 23.7 Å². The molecule has 0 heterocycles. The molecule has 0 atom stereocenters. The second-order valence-electron chi connectivity index (χ2n) is 5.12.